The van der Waals surface area contributed by atoms with Gasteiger partial charge in [0, 0.05) is 49.6 Å². The molecule has 4 aromatic carbocycles. The first-order valence-electron chi connectivity index (χ1n) is 18.6. The van der Waals surface area contributed by atoms with Crippen molar-refractivity contribution in [2.24, 2.45) is 5.92 Å². The quantitative estimate of drug-likeness (QED) is 0.168. The molecule has 0 radical (unpaired) electrons. The molecule has 7 rings (SSSR count). The number of ether oxygens (including phenoxy) is 4. The zero-order valence-electron chi connectivity index (χ0n) is 30.7. The summed E-state index contributed by atoms with van der Waals surface area (Å²) in [5.74, 6) is -0.910. The van der Waals surface area contributed by atoms with Crippen LogP contribution in [-0.2, 0) is 46.8 Å². The van der Waals surface area contributed by atoms with E-state index in [2.05, 4.69) is 21.9 Å². The van der Waals surface area contributed by atoms with Crippen molar-refractivity contribution in [2.75, 3.05) is 38.2 Å². The van der Waals surface area contributed by atoms with Crippen LogP contribution in [0.3, 0.4) is 0 Å². The molecule has 54 heavy (non-hydrogen) atoms. The standard InChI is InChI=1S/C42H49N3O8S/c1-29-8-18-36(19-9-29)54(48,49)44-37(26-31-6-4-3-5-7-31)40(47)43-35-16-14-34(15-17-35)41-52-38(27-45-22-20-42(21-23-45)50-24-25-51-42)30(2)39(53-41)33-12-10-32(28-46)11-13-33/h3-19,30,37-39,41,44,46H,20-28H2,1-2H3,(H,43,47). The number of aliphatic hydroxyl groups is 1. The van der Waals surface area contributed by atoms with E-state index < -0.39 is 34.0 Å². The van der Waals surface area contributed by atoms with Crippen LogP contribution in [0, 0.1) is 12.8 Å². The summed E-state index contributed by atoms with van der Waals surface area (Å²) in [6.45, 7) is 7.69. The molecule has 3 aliphatic rings. The van der Waals surface area contributed by atoms with Crippen molar-refractivity contribution < 1.29 is 37.3 Å². The van der Waals surface area contributed by atoms with E-state index in [0.29, 0.717) is 18.9 Å². The lowest BCUT2D eigenvalue weighted by Crippen LogP contribution is -2.50. The molecule has 5 unspecified atom stereocenters. The summed E-state index contributed by atoms with van der Waals surface area (Å²) in [5, 5.41) is 12.5. The molecule has 1 amide bonds. The van der Waals surface area contributed by atoms with Gasteiger partial charge in [0.2, 0.25) is 15.9 Å². The average Bonchev–Trinajstić information content (AvgIpc) is 3.65. The molecule has 3 N–H and O–H groups in total. The van der Waals surface area contributed by atoms with Crippen LogP contribution in [0.15, 0.2) is 108 Å². The van der Waals surface area contributed by atoms with Gasteiger partial charge in [-0.3, -0.25) is 4.79 Å². The number of hydrogen-bond acceptors (Lipinski definition) is 9. The maximum atomic E-state index is 13.7. The Hall–Kier alpha value is -3.98. The third kappa shape index (κ3) is 9.10. The van der Waals surface area contributed by atoms with Gasteiger partial charge in [-0.2, -0.15) is 4.72 Å². The van der Waals surface area contributed by atoms with Crippen LogP contribution >= 0.6 is 0 Å². The van der Waals surface area contributed by atoms with Crippen molar-refractivity contribution in [1.82, 2.24) is 9.62 Å². The second kappa shape index (κ2) is 16.8. The highest BCUT2D eigenvalue weighted by Gasteiger charge is 2.43. The van der Waals surface area contributed by atoms with Gasteiger partial charge in [-0.25, -0.2) is 8.42 Å². The van der Waals surface area contributed by atoms with E-state index in [4.69, 9.17) is 18.9 Å². The van der Waals surface area contributed by atoms with E-state index in [1.165, 1.54) is 12.1 Å². The summed E-state index contributed by atoms with van der Waals surface area (Å²) in [7, 11) is -3.99. The maximum absolute atomic E-state index is 13.7. The number of rotatable bonds is 12. The van der Waals surface area contributed by atoms with E-state index in [-0.39, 0.29) is 36.0 Å². The molecule has 0 bridgehead atoms. The smallest absolute Gasteiger partial charge is 0.242 e. The number of nitrogens with zero attached hydrogens (tertiary/aromatic N) is 1. The van der Waals surface area contributed by atoms with Gasteiger partial charge in [-0.05, 0) is 54.3 Å². The van der Waals surface area contributed by atoms with Crippen LogP contribution in [-0.4, -0.2) is 75.1 Å². The number of nitrogens with one attached hydrogen (secondary N) is 2. The fourth-order valence-corrected chi connectivity index (χ4v) is 8.60. The molecule has 1 spiro atoms. The summed E-state index contributed by atoms with van der Waals surface area (Å²) in [5.41, 5.74) is 4.88. The normalized spacial score (nSPS) is 23.6. The fraction of sp³-hybridized carbons (Fsp3) is 0.405. The second-order valence-electron chi connectivity index (χ2n) is 14.5. The topological polar surface area (TPSA) is 136 Å². The lowest BCUT2D eigenvalue weighted by molar-refractivity contribution is -0.278. The van der Waals surface area contributed by atoms with Gasteiger partial charge < -0.3 is 34.3 Å². The molecule has 286 valence electrons. The molecule has 0 saturated carbocycles. The van der Waals surface area contributed by atoms with Gasteiger partial charge >= 0.3 is 0 Å². The number of piperidine rings is 1. The van der Waals surface area contributed by atoms with Gasteiger partial charge in [-0.1, -0.05) is 91.3 Å². The van der Waals surface area contributed by atoms with Crippen molar-refractivity contribution in [2.45, 2.75) is 74.9 Å². The number of aryl methyl sites for hydroxylation is 1. The molecular formula is C42H49N3O8S. The van der Waals surface area contributed by atoms with Gasteiger partial charge in [0.1, 0.15) is 6.04 Å². The fourth-order valence-electron chi connectivity index (χ4n) is 7.41. The van der Waals surface area contributed by atoms with E-state index in [1.54, 1.807) is 24.3 Å². The Bertz CT molecular complexity index is 1940. The lowest BCUT2D eigenvalue weighted by atomic mass is 9.89. The number of benzene rings is 4. The predicted octanol–water partition coefficient (Wildman–Crippen LogP) is 5.65. The summed E-state index contributed by atoms with van der Waals surface area (Å²) in [6, 6.07) is 29.9. The monoisotopic (exact) mass is 755 g/mol. The molecule has 4 aromatic rings. The number of hydrogen-bond donors (Lipinski definition) is 3. The molecule has 3 fully saturated rings. The summed E-state index contributed by atoms with van der Waals surface area (Å²) in [6.07, 6.45) is 0.699. The first kappa shape index (κ1) is 38.3. The average molecular weight is 756 g/mol. The number of sulfonamides is 1. The summed E-state index contributed by atoms with van der Waals surface area (Å²) < 4.78 is 54.6. The Morgan fingerprint density at radius 1 is 0.852 bits per heavy atom. The molecule has 3 heterocycles. The molecular weight excluding hydrogens is 707 g/mol. The molecule has 12 heteroatoms. The SMILES string of the molecule is Cc1ccc(S(=O)(=O)NC(Cc2ccccc2)C(=O)Nc2ccc(C3OC(CN4CCC5(CC4)OCCO5)C(C)C(c4ccc(CO)cc4)O3)cc2)cc1. The van der Waals surface area contributed by atoms with Gasteiger partial charge in [0.15, 0.2) is 12.1 Å². The second-order valence-corrected chi connectivity index (χ2v) is 16.2. The lowest BCUT2D eigenvalue weighted by Gasteiger charge is -2.44. The van der Waals surface area contributed by atoms with Gasteiger partial charge in [0.05, 0.1) is 36.9 Å². The third-order valence-electron chi connectivity index (χ3n) is 10.7. The van der Waals surface area contributed by atoms with E-state index >= 15 is 0 Å². The van der Waals surface area contributed by atoms with Crippen LogP contribution in [0.5, 0.6) is 0 Å². The highest BCUT2D eigenvalue weighted by atomic mass is 32.2. The van der Waals surface area contributed by atoms with Crippen LogP contribution in [0.2, 0.25) is 0 Å². The molecule has 11 nitrogen and oxygen atoms in total. The Kier molecular flexibility index (Phi) is 11.9. The first-order valence-corrected chi connectivity index (χ1v) is 20.1. The Morgan fingerprint density at radius 2 is 1.50 bits per heavy atom. The van der Waals surface area contributed by atoms with Crippen molar-refractivity contribution in [1.29, 1.82) is 0 Å². The number of anilines is 1. The summed E-state index contributed by atoms with van der Waals surface area (Å²) >= 11 is 0. The van der Waals surface area contributed by atoms with Crippen molar-refractivity contribution in [3.63, 3.8) is 0 Å². The van der Waals surface area contributed by atoms with Crippen LogP contribution in [0.1, 0.15) is 60.0 Å². The van der Waals surface area contributed by atoms with Gasteiger partial charge in [0.25, 0.3) is 0 Å². The zero-order chi connectivity index (χ0) is 37.7. The third-order valence-corrected chi connectivity index (χ3v) is 12.2. The Labute approximate surface area is 317 Å². The van der Waals surface area contributed by atoms with Crippen LogP contribution in [0.4, 0.5) is 5.69 Å². The number of carbonyl (C=O) groups is 1. The van der Waals surface area contributed by atoms with E-state index in [0.717, 1.165) is 60.3 Å². The Morgan fingerprint density at radius 3 is 2.15 bits per heavy atom. The molecule has 0 aromatic heterocycles. The van der Waals surface area contributed by atoms with Crippen molar-refractivity contribution in [3.8, 4) is 0 Å². The van der Waals surface area contributed by atoms with Crippen molar-refractivity contribution in [3.05, 3.63) is 131 Å². The molecule has 3 saturated heterocycles. The minimum atomic E-state index is -3.99. The summed E-state index contributed by atoms with van der Waals surface area (Å²) in [4.78, 5) is 16.2. The largest absolute Gasteiger partial charge is 0.392 e. The highest BCUT2D eigenvalue weighted by molar-refractivity contribution is 7.89. The van der Waals surface area contributed by atoms with Crippen molar-refractivity contribution >= 4 is 21.6 Å². The Balaban J connectivity index is 1.07. The number of likely N-dealkylation sites (tertiary alicyclic amines) is 1. The number of amides is 1. The van der Waals surface area contributed by atoms with Crippen LogP contribution in [0.25, 0.3) is 0 Å². The molecule has 3 aliphatic heterocycles. The first-order chi connectivity index (χ1) is 26.1. The zero-order valence-corrected chi connectivity index (χ0v) is 31.5. The van der Waals surface area contributed by atoms with E-state index in [9.17, 15) is 18.3 Å². The predicted molar refractivity (Wildman–Crippen MR) is 204 cm³/mol. The highest BCUT2D eigenvalue weighted by Crippen LogP contribution is 2.42. The van der Waals surface area contributed by atoms with E-state index in [1.807, 2.05) is 73.7 Å². The maximum Gasteiger partial charge on any atom is 0.242 e. The number of carbonyl (C=O) groups excluding carboxylic acids is 1. The minimum absolute atomic E-state index is 0.0277. The number of aliphatic hydroxyl groups excluding tert-OH is 1. The molecule has 0 aliphatic carbocycles. The minimum Gasteiger partial charge on any atom is -0.392 e. The molecule has 5 atom stereocenters. The van der Waals surface area contributed by atoms with Gasteiger partial charge in [-0.15, -0.1) is 0 Å². The van der Waals surface area contributed by atoms with Crippen LogP contribution < -0.4 is 10.0 Å².